The van der Waals surface area contributed by atoms with Crippen LogP contribution in [-0.4, -0.2) is 26.7 Å². The van der Waals surface area contributed by atoms with Crippen LogP contribution in [0.5, 0.6) is 0 Å². The molecular weight excluding hydrogens is 360 g/mol. The number of thioether (sulfide) groups is 1. The van der Waals surface area contributed by atoms with E-state index in [2.05, 4.69) is 54.0 Å². The molecule has 0 aliphatic carbocycles. The number of fused-ring (bicyclic) bond motifs is 1. The van der Waals surface area contributed by atoms with Gasteiger partial charge < -0.3 is 4.57 Å². The molecule has 5 heteroatoms. The lowest BCUT2D eigenvalue weighted by Gasteiger charge is -2.08. The monoisotopic (exact) mass is 378 g/mol. The zero-order valence-corrected chi connectivity index (χ0v) is 16.2. The van der Waals surface area contributed by atoms with Crippen LogP contribution in [0.3, 0.4) is 0 Å². The van der Waals surface area contributed by atoms with Crippen molar-refractivity contribution < 1.29 is 4.79 Å². The molecule has 1 fully saturated rings. The minimum atomic E-state index is -0.0284. The number of hydrogen-bond donors (Lipinski definition) is 0. The smallest absolute Gasteiger partial charge is 0.265 e. The fourth-order valence-electron chi connectivity index (χ4n) is 3.29. The summed E-state index contributed by atoms with van der Waals surface area (Å²) in [4.78, 5) is 14.6. The Hall–Kier alpha value is -2.37. The summed E-state index contributed by atoms with van der Waals surface area (Å²) in [7, 11) is 1.73. The van der Waals surface area contributed by atoms with E-state index < -0.39 is 0 Å². The largest absolute Gasteiger partial charge is 0.340 e. The van der Waals surface area contributed by atoms with Gasteiger partial charge >= 0.3 is 0 Å². The van der Waals surface area contributed by atoms with Gasteiger partial charge in [-0.05, 0) is 24.6 Å². The van der Waals surface area contributed by atoms with E-state index in [1.54, 1.807) is 7.05 Å². The molecule has 1 saturated heterocycles. The lowest BCUT2D eigenvalue weighted by atomic mass is 10.1. The first-order valence-corrected chi connectivity index (χ1v) is 9.62. The van der Waals surface area contributed by atoms with Gasteiger partial charge in [-0.1, -0.05) is 72.5 Å². The number of hydrogen-bond acceptors (Lipinski definition) is 3. The maximum Gasteiger partial charge on any atom is 0.265 e. The lowest BCUT2D eigenvalue weighted by molar-refractivity contribution is -0.121. The molecule has 0 spiro atoms. The maximum atomic E-state index is 12.4. The van der Waals surface area contributed by atoms with Crippen LogP contribution in [-0.2, 0) is 11.3 Å². The Morgan fingerprint density at radius 3 is 2.46 bits per heavy atom. The van der Waals surface area contributed by atoms with E-state index in [-0.39, 0.29) is 5.91 Å². The molecule has 26 heavy (non-hydrogen) atoms. The van der Waals surface area contributed by atoms with Crippen LogP contribution in [0.4, 0.5) is 0 Å². The van der Waals surface area contributed by atoms with Gasteiger partial charge in [-0.3, -0.25) is 9.69 Å². The molecular formula is C21H18N2OS2. The predicted molar refractivity (Wildman–Crippen MR) is 113 cm³/mol. The first-order chi connectivity index (χ1) is 12.6. The molecule has 1 aliphatic rings. The number of nitrogens with zero attached hydrogens (tertiary/aromatic N) is 2. The average Bonchev–Trinajstić information content (AvgIpc) is 3.06. The third-order valence-electron chi connectivity index (χ3n) is 4.73. The summed E-state index contributed by atoms with van der Waals surface area (Å²) < 4.78 is 2.91. The molecule has 0 radical (unpaired) electrons. The van der Waals surface area contributed by atoms with Crippen LogP contribution < -0.4 is 0 Å². The Labute approximate surface area is 162 Å². The Morgan fingerprint density at radius 2 is 1.77 bits per heavy atom. The van der Waals surface area contributed by atoms with Crippen molar-refractivity contribution in [1.29, 1.82) is 0 Å². The van der Waals surface area contributed by atoms with Gasteiger partial charge in [0.1, 0.15) is 4.32 Å². The highest BCUT2D eigenvalue weighted by atomic mass is 32.2. The second-order valence-corrected chi connectivity index (χ2v) is 8.00. The number of carbonyl (C=O) groups excluding carboxylic acids is 1. The van der Waals surface area contributed by atoms with Crippen LogP contribution in [0.1, 0.15) is 16.8 Å². The SMILES string of the molecule is Cc1c(/C=C2/SC(=S)N(C)C2=O)c2ccccc2n1Cc1ccccc1. The summed E-state index contributed by atoms with van der Waals surface area (Å²) >= 11 is 6.62. The van der Waals surface area contributed by atoms with Gasteiger partial charge in [-0.2, -0.15) is 0 Å². The third kappa shape index (κ3) is 2.87. The number of para-hydroxylation sites is 1. The summed E-state index contributed by atoms with van der Waals surface area (Å²) in [5.74, 6) is -0.0284. The number of aromatic nitrogens is 1. The van der Waals surface area contributed by atoms with Gasteiger partial charge in [-0.15, -0.1) is 0 Å². The summed E-state index contributed by atoms with van der Waals surface area (Å²) in [6.45, 7) is 2.91. The molecule has 0 unspecified atom stereocenters. The molecule has 3 aromatic rings. The van der Waals surface area contributed by atoms with E-state index in [1.165, 1.54) is 27.7 Å². The van der Waals surface area contributed by atoms with Crippen molar-refractivity contribution in [3.8, 4) is 0 Å². The first-order valence-electron chi connectivity index (χ1n) is 8.39. The Balaban J connectivity index is 1.85. The van der Waals surface area contributed by atoms with E-state index >= 15 is 0 Å². The van der Waals surface area contributed by atoms with E-state index in [9.17, 15) is 4.79 Å². The van der Waals surface area contributed by atoms with Crippen molar-refractivity contribution in [2.24, 2.45) is 0 Å². The van der Waals surface area contributed by atoms with E-state index in [0.29, 0.717) is 9.23 Å². The average molecular weight is 379 g/mol. The van der Waals surface area contributed by atoms with E-state index in [1.807, 2.05) is 18.2 Å². The highest BCUT2D eigenvalue weighted by Crippen LogP contribution is 2.35. The molecule has 3 nitrogen and oxygen atoms in total. The molecule has 1 aromatic heterocycles. The number of rotatable bonds is 3. The van der Waals surface area contributed by atoms with Crippen molar-refractivity contribution in [3.63, 3.8) is 0 Å². The van der Waals surface area contributed by atoms with Gasteiger partial charge in [0.2, 0.25) is 0 Å². The van der Waals surface area contributed by atoms with Gasteiger partial charge in [0.15, 0.2) is 0 Å². The zero-order valence-electron chi connectivity index (χ0n) is 14.6. The van der Waals surface area contributed by atoms with Gasteiger partial charge in [0.25, 0.3) is 5.91 Å². The minimum absolute atomic E-state index is 0.0284. The second kappa shape index (κ2) is 6.74. The predicted octanol–water partition coefficient (Wildman–Crippen LogP) is 4.83. The van der Waals surface area contributed by atoms with E-state index in [0.717, 1.165) is 23.2 Å². The number of thiocarbonyl (C=S) groups is 1. The Bertz CT molecular complexity index is 1050. The van der Waals surface area contributed by atoms with Crippen LogP contribution in [0, 0.1) is 6.92 Å². The summed E-state index contributed by atoms with van der Waals surface area (Å²) in [5, 5.41) is 1.15. The maximum absolute atomic E-state index is 12.4. The Kier molecular flexibility index (Phi) is 4.42. The number of benzene rings is 2. The van der Waals surface area contributed by atoms with Crippen LogP contribution in [0.25, 0.3) is 17.0 Å². The fourth-order valence-corrected chi connectivity index (χ4v) is 4.45. The van der Waals surface area contributed by atoms with E-state index in [4.69, 9.17) is 12.2 Å². The van der Waals surface area contributed by atoms with Crippen LogP contribution >= 0.6 is 24.0 Å². The van der Waals surface area contributed by atoms with Crippen molar-refractivity contribution in [3.05, 3.63) is 76.3 Å². The normalized spacial score (nSPS) is 16.2. The Morgan fingerprint density at radius 1 is 1.08 bits per heavy atom. The highest BCUT2D eigenvalue weighted by Gasteiger charge is 2.29. The van der Waals surface area contributed by atoms with Crippen LogP contribution in [0.15, 0.2) is 59.5 Å². The summed E-state index contributed by atoms with van der Waals surface area (Å²) in [6, 6.07) is 18.8. The summed E-state index contributed by atoms with van der Waals surface area (Å²) in [6.07, 6.45) is 1.99. The molecule has 0 N–H and O–H groups in total. The number of carbonyl (C=O) groups is 1. The number of likely N-dealkylation sites (N-methyl/N-ethyl adjacent to an activating group) is 1. The fraction of sp³-hybridized carbons (Fsp3) is 0.143. The van der Waals surface area contributed by atoms with Crippen molar-refractivity contribution in [2.75, 3.05) is 7.05 Å². The zero-order chi connectivity index (χ0) is 18.3. The van der Waals surface area contributed by atoms with Crippen molar-refractivity contribution in [2.45, 2.75) is 13.5 Å². The molecule has 4 rings (SSSR count). The van der Waals surface area contributed by atoms with Gasteiger partial charge in [0, 0.05) is 35.8 Å². The van der Waals surface area contributed by atoms with Crippen molar-refractivity contribution >= 4 is 51.2 Å². The number of amides is 1. The molecule has 1 amide bonds. The topological polar surface area (TPSA) is 25.2 Å². The quantitative estimate of drug-likeness (QED) is 0.482. The standard InChI is InChI=1S/C21H18N2OS2/c1-14-17(12-19-20(24)22(2)21(25)26-19)16-10-6-7-11-18(16)23(14)13-15-8-4-3-5-9-15/h3-12H,13H2,1-2H3/b19-12+. The molecule has 2 aromatic carbocycles. The third-order valence-corrected chi connectivity index (χ3v) is 6.21. The van der Waals surface area contributed by atoms with Gasteiger partial charge in [-0.25, -0.2) is 0 Å². The summed E-state index contributed by atoms with van der Waals surface area (Å²) in [5.41, 5.74) is 4.66. The lowest BCUT2D eigenvalue weighted by Crippen LogP contribution is -2.22. The first kappa shape index (κ1) is 17.1. The van der Waals surface area contributed by atoms with Gasteiger partial charge in [0.05, 0.1) is 4.91 Å². The molecule has 130 valence electrons. The molecule has 0 bridgehead atoms. The van der Waals surface area contributed by atoms with Crippen LogP contribution in [0.2, 0.25) is 0 Å². The minimum Gasteiger partial charge on any atom is -0.340 e. The highest BCUT2D eigenvalue weighted by molar-refractivity contribution is 8.26. The molecule has 0 atom stereocenters. The second-order valence-electron chi connectivity index (χ2n) is 6.33. The molecule has 2 heterocycles. The molecule has 0 saturated carbocycles. The molecule has 1 aliphatic heterocycles. The van der Waals surface area contributed by atoms with Crippen molar-refractivity contribution in [1.82, 2.24) is 9.47 Å².